The van der Waals surface area contributed by atoms with E-state index >= 15 is 0 Å². The SMILES string of the molecule is CSC1(CNC(=O)C(N)C(C)C)CC1. The van der Waals surface area contributed by atoms with E-state index in [2.05, 4.69) is 11.6 Å². The van der Waals surface area contributed by atoms with Crippen molar-refractivity contribution < 1.29 is 4.79 Å². The number of hydrogen-bond donors (Lipinski definition) is 2. The van der Waals surface area contributed by atoms with Gasteiger partial charge in [0.2, 0.25) is 5.91 Å². The van der Waals surface area contributed by atoms with Crippen LogP contribution in [0.25, 0.3) is 0 Å². The highest BCUT2D eigenvalue weighted by molar-refractivity contribution is 8.00. The van der Waals surface area contributed by atoms with Crippen LogP contribution in [0.1, 0.15) is 26.7 Å². The highest BCUT2D eigenvalue weighted by Gasteiger charge is 2.42. The van der Waals surface area contributed by atoms with Crippen molar-refractivity contribution in [2.24, 2.45) is 11.7 Å². The lowest BCUT2D eigenvalue weighted by Crippen LogP contribution is -2.46. The van der Waals surface area contributed by atoms with Crippen LogP contribution in [-0.2, 0) is 4.79 Å². The van der Waals surface area contributed by atoms with E-state index < -0.39 is 0 Å². The molecule has 0 spiro atoms. The summed E-state index contributed by atoms with van der Waals surface area (Å²) in [4.78, 5) is 11.5. The Kier molecular flexibility index (Phi) is 3.84. The van der Waals surface area contributed by atoms with Crippen molar-refractivity contribution in [1.82, 2.24) is 5.32 Å². The molecule has 0 aromatic heterocycles. The maximum Gasteiger partial charge on any atom is 0.237 e. The second kappa shape index (κ2) is 4.53. The first-order chi connectivity index (χ1) is 6.51. The Bertz CT molecular complexity index is 214. The van der Waals surface area contributed by atoms with Gasteiger partial charge in [-0.15, -0.1) is 0 Å². The number of nitrogens with two attached hydrogens (primary N) is 1. The van der Waals surface area contributed by atoms with Gasteiger partial charge in [-0.05, 0) is 25.0 Å². The van der Waals surface area contributed by atoms with E-state index in [0.717, 1.165) is 6.54 Å². The molecule has 0 aliphatic heterocycles. The van der Waals surface area contributed by atoms with E-state index in [1.807, 2.05) is 25.6 Å². The number of carbonyl (C=O) groups excluding carboxylic acids is 1. The largest absolute Gasteiger partial charge is 0.353 e. The molecule has 82 valence electrons. The van der Waals surface area contributed by atoms with Crippen LogP contribution in [-0.4, -0.2) is 29.5 Å². The molecule has 0 aromatic carbocycles. The van der Waals surface area contributed by atoms with E-state index in [-0.39, 0.29) is 17.9 Å². The van der Waals surface area contributed by atoms with Crippen LogP contribution in [0.4, 0.5) is 0 Å². The Labute approximate surface area is 90.2 Å². The van der Waals surface area contributed by atoms with Crippen LogP contribution in [0.3, 0.4) is 0 Å². The Hall–Kier alpha value is -0.220. The number of nitrogens with one attached hydrogen (secondary N) is 1. The van der Waals surface area contributed by atoms with Crippen LogP contribution in [0.5, 0.6) is 0 Å². The number of rotatable bonds is 5. The van der Waals surface area contributed by atoms with E-state index in [0.29, 0.717) is 4.75 Å². The smallest absolute Gasteiger partial charge is 0.237 e. The minimum Gasteiger partial charge on any atom is -0.353 e. The summed E-state index contributed by atoms with van der Waals surface area (Å²) in [5.74, 6) is 0.194. The number of carbonyl (C=O) groups is 1. The van der Waals surface area contributed by atoms with Gasteiger partial charge in [-0.3, -0.25) is 4.79 Å². The molecule has 1 rings (SSSR count). The third kappa shape index (κ3) is 2.89. The standard InChI is InChI=1S/C10H20N2OS/c1-7(2)8(11)9(13)12-6-10(14-3)4-5-10/h7-8H,4-6,11H2,1-3H3,(H,12,13). The number of thioether (sulfide) groups is 1. The summed E-state index contributed by atoms with van der Waals surface area (Å²) >= 11 is 1.84. The molecule has 3 nitrogen and oxygen atoms in total. The molecule has 0 radical (unpaired) electrons. The van der Waals surface area contributed by atoms with Gasteiger partial charge >= 0.3 is 0 Å². The van der Waals surface area contributed by atoms with Gasteiger partial charge in [0.15, 0.2) is 0 Å². The van der Waals surface area contributed by atoms with Gasteiger partial charge in [-0.1, -0.05) is 13.8 Å². The molecule has 1 aliphatic rings. The van der Waals surface area contributed by atoms with Gasteiger partial charge in [-0.2, -0.15) is 11.8 Å². The predicted octanol–water partition coefficient (Wildman–Crippen LogP) is 0.981. The monoisotopic (exact) mass is 216 g/mol. The molecule has 4 heteroatoms. The summed E-state index contributed by atoms with van der Waals surface area (Å²) in [7, 11) is 0. The summed E-state index contributed by atoms with van der Waals surface area (Å²) in [6, 6.07) is -0.368. The molecule has 14 heavy (non-hydrogen) atoms. The fraction of sp³-hybridized carbons (Fsp3) is 0.900. The summed E-state index contributed by atoms with van der Waals surface area (Å²) < 4.78 is 0.326. The highest BCUT2D eigenvalue weighted by atomic mass is 32.2. The minimum absolute atomic E-state index is 0.0136. The first kappa shape index (κ1) is 11.9. The molecule has 1 fully saturated rings. The highest BCUT2D eigenvalue weighted by Crippen LogP contribution is 2.46. The number of hydrogen-bond acceptors (Lipinski definition) is 3. The quantitative estimate of drug-likeness (QED) is 0.720. The van der Waals surface area contributed by atoms with Crippen molar-refractivity contribution >= 4 is 17.7 Å². The topological polar surface area (TPSA) is 55.1 Å². The maximum absolute atomic E-state index is 11.5. The van der Waals surface area contributed by atoms with Gasteiger partial charge in [0.25, 0.3) is 0 Å². The van der Waals surface area contributed by atoms with Gasteiger partial charge in [0, 0.05) is 11.3 Å². The molecule has 0 heterocycles. The molecule has 1 atom stereocenters. The number of amides is 1. The Morgan fingerprint density at radius 3 is 2.50 bits per heavy atom. The minimum atomic E-state index is -0.368. The lowest BCUT2D eigenvalue weighted by Gasteiger charge is -2.18. The lowest BCUT2D eigenvalue weighted by atomic mass is 10.1. The Morgan fingerprint density at radius 1 is 1.57 bits per heavy atom. The van der Waals surface area contributed by atoms with E-state index in [4.69, 9.17) is 5.73 Å². The summed E-state index contributed by atoms with van der Waals surface area (Å²) in [6.07, 6.45) is 4.53. The molecule has 0 aromatic rings. The lowest BCUT2D eigenvalue weighted by molar-refractivity contribution is -0.123. The summed E-state index contributed by atoms with van der Waals surface area (Å²) in [6.45, 7) is 4.70. The molecule has 1 saturated carbocycles. The van der Waals surface area contributed by atoms with Crippen LogP contribution in [0.15, 0.2) is 0 Å². The van der Waals surface area contributed by atoms with Crippen molar-refractivity contribution in [2.45, 2.75) is 37.5 Å². The molecule has 0 bridgehead atoms. The fourth-order valence-electron chi connectivity index (χ4n) is 1.26. The Balaban J connectivity index is 2.28. The predicted molar refractivity (Wildman–Crippen MR) is 61.3 cm³/mol. The first-order valence-corrected chi connectivity index (χ1v) is 6.32. The van der Waals surface area contributed by atoms with Crippen LogP contribution < -0.4 is 11.1 Å². The first-order valence-electron chi connectivity index (χ1n) is 5.09. The van der Waals surface area contributed by atoms with Gasteiger partial charge < -0.3 is 11.1 Å². The average molecular weight is 216 g/mol. The zero-order valence-corrected chi connectivity index (χ0v) is 9.99. The van der Waals surface area contributed by atoms with Crippen LogP contribution in [0.2, 0.25) is 0 Å². The van der Waals surface area contributed by atoms with Crippen molar-refractivity contribution in [2.75, 3.05) is 12.8 Å². The van der Waals surface area contributed by atoms with E-state index in [9.17, 15) is 4.79 Å². The third-order valence-corrected chi connectivity index (χ3v) is 4.27. The zero-order valence-electron chi connectivity index (χ0n) is 9.17. The summed E-state index contributed by atoms with van der Waals surface area (Å²) in [5.41, 5.74) is 5.73. The fourth-order valence-corrected chi connectivity index (χ4v) is 1.99. The molecule has 1 amide bonds. The maximum atomic E-state index is 11.5. The van der Waals surface area contributed by atoms with Gasteiger partial charge in [0.05, 0.1) is 6.04 Å². The summed E-state index contributed by atoms with van der Waals surface area (Å²) in [5, 5.41) is 2.93. The normalized spacial score (nSPS) is 20.6. The van der Waals surface area contributed by atoms with Crippen molar-refractivity contribution in [1.29, 1.82) is 0 Å². The van der Waals surface area contributed by atoms with Gasteiger partial charge in [0.1, 0.15) is 0 Å². The molecule has 3 N–H and O–H groups in total. The molecule has 0 saturated heterocycles. The second-order valence-corrected chi connectivity index (χ2v) is 5.65. The molecular weight excluding hydrogens is 196 g/mol. The second-order valence-electron chi connectivity index (χ2n) is 4.37. The van der Waals surface area contributed by atoms with E-state index in [1.165, 1.54) is 12.8 Å². The third-order valence-electron chi connectivity index (χ3n) is 2.85. The van der Waals surface area contributed by atoms with Gasteiger partial charge in [-0.25, -0.2) is 0 Å². The van der Waals surface area contributed by atoms with Crippen LogP contribution >= 0.6 is 11.8 Å². The molecular formula is C10H20N2OS. The van der Waals surface area contributed by atoms with Crippen molar-refractivity contribution in [3.05, 3.63) is 0 Å². The zero-order chi connectivity index (χ0) is 10.8. The average Bonchev–Trinajstić information content (AvgIpc) is 2.93. The Morgan fingerprint density at radius 2 is 2.14 bits per heavy atom. The molecule has 1 unspecified atom stereocenters. The van der Waals surface area contributed by atoms with Crippen molar-refractivity contribution in [3.63, 3.8) is 0 Å². The molecule has 1 aliphatic carbocycles. The van der Waals surface area contributed by atoms with Crippen LogP contribution in [0, 0.1) is 5.92 Å². The van der Waals surface area contributed by atoms with E-state index in [1.54, 1.807) is 0 Å². The van der Waals surface area contributed by atoms with Crippen molar-refractivity contribution in [3.8, 4) is 0 Å².